The van der Waals surface area contributed by atoms with Gasteiger partial charge in [0.2, 0.25) is 12.7 Å². The molecule has 1 fully saturated rings. The topological polar surface area (TPSA) is 73.3 Å². The molecule has 0 bridgehead atoms. The Balaban J connectivity index is 0.00000205. The monoisotopic (exact) mass is 395 g/mol. The molecule has 0 atom stereocenters. The van der Waals surface area contributed by atoms with E-state index in [2.05, 4.69) is 15.5 Å². The quantitative estimate of drug-likeness (QED) is 0.706. The molecule has 5 rings (SSSR count). The molecular formula is C21H18ClN3O3. The molecule has 142 valence electrons. The lowest BCUT2D eigenvalue weighted by molar-refractivity contribution is -0.118. The fourth-order valence-electron chi connectivity index (χ4n) is 3.41. The number of benzene rings is 2. The first-order valence-electron chi connectivity index (χ1n) is 8.96. The molecular weight excluding hydrogens is 378 g/mol. The Morgan fingerprint density at radius 3 is 2.61 bits per heavy atom. The summed E-state index contributed by atoms with van der Waals surface area (Å²) in [6, 6.07) is 16.6. The number of carbonyl (C=O) groups is 1. The summed E-state index contributed by atoms with van der Waals surface area (Å²) in [7, 11) is 0. The van der Waals surface area contributed by atoms with E-state index < -0.39 is 5.41 Å². The Kier molecular flexibility index (Phi) is 3.94. The molecule has 0 spiro atoms. The lowest BCUT2D eigenvalue weighted by Gasteiger charge is -2.16. The van der Waals surface area contributed by atoms with Crippen LogP contribution in [0.3, 0.4) is 0 Å². The van der Waals surface area contributed by atoms with Crippen LogP contribution in [-0.2, 0) is 10.2 Å². The Morgan fingerprint density at radius 1 is 1.04 bits per heavy atom. The van der Waals surface area contributed by atoms with E-state index in [0.29, 0.717) is 28.0 Å². The van der Waals surface area contributed by atoms with E-state index in [1.165, 1.54) is 0 Å². The van der Waals surface area contributed by atoms with Crippen LogP contribution < -0.4 is 14.8 Å². The average molecular weight is 396 g/mol. The number of halogens is 1. The first-order chi connectivity index (χ1) is 13.7. The van der Waals surface area contributed by atoms with Gasteiger partial charge in [0, 0.05) is 6.99 Å². The lowest BCUT2D eigenvalue weighted by atomic mass is 9.94. The van der Waals surface area contributed by atoms with E-state index in [1.54, 1.807) is 18.2 Å². The molecule has 1 aliphatic heterocycles. The van der Waals surface area contributed by atoms with Gasteiger partial charge in [0.25, 0.3) is 0 Å². The van der Waals surface area contributed by atoms with Crippen molar-refractivity contribution in [1.82, 2.24) is 10.2 Å². The minimum Gasteiger partial charge on any atom is -0.454 e. The van der Waals surface area contributed by atoms with Gasteiger partial charge in [-0.2, -0.15) is 0 Å². The van der Waals surface area contributed by atoms with Crippen molar-refractivity contribution in [2.75, 3.05) is 12.1 Å². The normalized spacial score (nSPS) is 15.9. The van der Waals surface area contributed by atoms with Crippen LogP contribution in [0.2, 0.25) is 5.02 Å². The molecule has 1 saturated carbocycles. The second-order valence-electron chi connectivity index (χ2n) is 6.89. The first kappa shape index (κ1) is 17.0. The lowest BCUT2D eigenvalue weighted by Crippen LogP contribution is -2.28. The van der Waals surface area contributed by atoms with Gasteiger partial charge in [-0.25, -0.2) is 0 Å². The van der Waals surface area contributed by atoms with E-state index in [9.17, 15) is 4.79 Å². The summed E-state index contributed by atoms with van der Waals surface area (Å²) in [5.41, 5.74) is 1.83. The number of amides is 1. The number of anilines is 1. The van der Waals surface area contributed by atoms with Gasteiger partial charge >= 0.3 is 0 Å². The highest BCUT2D eigenvalue weighted by atomic mass is 35.5. The number of fused-ring (bicyclic) bond motifs is 1. The molecule has 1 N–H and O–H groups in total. The number of nitrogens with one attached hydrogen (secondary N) is 1. The number of ether oxygens (including phenoxy) is 2. The van der Waals surface area contributed by atoms with Gasteiger partial charge in [-0.05, 0) is 48.7 Å². The molecule has 0 unspecified atom stereocenters. The van der Waals surface area contributed by atoms with Crippen molar-refractivity contribution in [3.8, 4) is 22.8 Å². The molecule has 28 heavy (non-hydrogen) atoms. The minimum atomic E-state index is -0.552. The van der Waals surface area contributed by atoms with Crippen molar-refractivity contribution < 1.29 is 15.7 Å². The van der Waals surface area contributed by atoms with Gasteiger partial charge in [0.05, 0.1) is 16.1 Å². The number of carbonyl (C=O) groups excluding carboxylic acids is 1. The number of hydrogen-bond donors (Lipinski definition) is 1. The van der Waals surface area contributed by atoms with E-state index >= 15 is 0 Å². The van der Waals surface area contributed by atoms with Crippen molar-refractivity contribution in [2.45, 2.75) is 18.3 Å². The molecule has 1 aromatic heterocycles. The molecule has 2 aromatic carbocycles. The first-order valence-corrected chi connectivity index (χ1v) is 9.34. The smallest absolute Gasteiger partial charge is 0.236 e. The van der Waals surface area contributed by atoms with E-state index in [4.69, 9.17) is 21.1 Å². The second kappa shape index (κ2) is 6.49. The molecule has 1 amide bonds. The predicted octanol–water partition coefficient (Wildman–Crippen LogP) is 4.44. The van der Waals surface area contributed by atoms with Crippen molar-refractivity contribution >= 4 is 23.3 Å². The Morgan fingerprint density at radius 2 is 1.86 bits per heavy atom. The zero-order chi connectivity index (χ0) is 19.1. The van der Waals surface area contributed by atoms with Crippen LogP contribution in [0.1, 0.15) is 19.8 Å². The maximum absolute atomic E-state index is 12.9. The Hall–Kier alpha value is -3.12. The molecule has 7 heteroatoms. The van der Waals surface area contributed by atoms with Gasteiger partial charge in [-0.15, -0.1) is 10.2 Å². The van der Waals surface area contributed by atoms with Crippen LogP contribution in [0, 0.1) is 0 Å². The zero-order valence-corrected chi connectivity index (χ0v) is 15.6. The summed E-state index contributed by atoms with van der Waals surface area (Å²) in [5.74, 6) is 1.71. The van der Waals surface area contributed by atoms with E-state index in [1.807, 2.05) is 36.4 Å². The summed E-state index contributed by atoms with van der Waals surface area (Å²) >= 11 is 6.20. The van der Waals surface area contributed by atoms with Crippen LogP contribution in [0.15, 0.2) is 54.6 Å². The number of aromatic nitrogens is 2. The molecule has 3 aromatic rings. The fraction of sp³-hybridized carbons (Fsp3) is 0.190. The summed E-state index contributed by atoms with van der Waals surface area (Å²) in [6.45, 7) is 0.214. The third-order valence-electron chi connectivity index (χ3n) is 5.17. The van der Waals surface area contributed by atoms with Gasteiger partial charge in [0.1, 0.15) is 0 Å². The molecule has 6 nitrogen and oxygen atoms in total. The van der Waals surface area contributed by atoms with Gasteiger partial charge in [-0.3, -0.25) is 4.79 Å². The Bertz CT molecular complexity index is 1070. The minimum absolute atomic E-state index is 0. The fourth-order valence-corrected chi connectivity index (χ4v) is 3.65. The largest absolute Gasteiger partial charge is 0.454 e. The van der Waals surface area contributed by atoms with Crippen molar-refractivity contribution in [3.05, 3.63) is 65.2 Å². The highest BCUT2D eigenvalue weighted by molar-refractivity contribution is 6.33. The second-order valence-corrected chi connectivity index (χ2v) is 7.30. The number of rotatable bonds is 4. The number of nitrogens with zero attached hydrogens (tertiary/aromatic N) is 2. The molecule has 0 radical (unpaired) electrons. The predicted molar refractivity (Wildman–Crippen MR) is 107 cm³/mol. The molecule has 1 aliphatic carbocycles. The van der Waals surface area contributed by atoms with Crippen LogP contribution in [-0.4, -0.2) is 22.9 Å². The van der Waals surface area contributed by atoms with Crippen LogP contribution in [0.4, 0.5) is 5.82 Å². The van der Waals surface area contributed by atoms with E-state index in [-0.39, 0.29) is 14.1 Å². The average Bonchev–Trinajstić information content (AvgIpc) is 3.40. The SMILES string of the molecule is O=C(Nc1ccc(-c2ccccc2Cl)nn1)C1(c2ccc3c(c2)OCO3)CC1.[HH]. The van der Waals surface area contributed by atoms with Gasteiger partial charge < -0.3 is 14.8 Å². The maximum Gasteiger partial charge on any atom is 0.236 e. The standard InChI is InChI=1S/C21H16ClN3O3.H2/c22-15-4-2-1-3-14(15)16-6-8-19(25-24-16)23-20(26)21(9-10-21)13-5-7-17-18(11-13)28-12-27-17;/h1-8,11H,9-10,12H2,(H,23,25,26);1H. The summed E-state index contributed by atoms with van der Waals surface area (Å²) in [4.78, 5) is 12.9. The molecule has 2 heterocycles. The summed E-state index contributed by atoms with van der Waals surface area (Å²) in [5, 5.41) is 11.8. The third-order valence-corrected chi connectivity index (χ3v) is 5.50. The van der Waals surface area contributed by atoms with Crippen molar-refractivity contribution in [2.24, 2.45) is 0 Å². The highest BCUT2D eigenvalue weighted by Gasteiger charge is 2.51. The van der Waals surface area contributed by atoms with Gasteiger partial charge in [-0.1, -0.05) is 35.9 Å². The maximum atomic E-state index is 12.9. The van der Waals surface area contributed by atoms with Crippen molar-refractivity contribution in [1.29, 1.82) is 0 Å². The van der Waals surface area contributed by atoms with Crippen LogP contribution in [0.5, 0.6) is 11.5 Å². The number of hydrogen-bond acceptors (Lipinski definition) is 5. The van der Waals surface area contributed by atoms with Gasteiger partial charge in [0.15, 0.2) is 17.3 Å². The van der Waals surface area contributed by atoms with E-state index in [0.717, 1.165) is 24.0 Å². The van der Waals surface area contributed by atoms with Crippen molar-refractivity contribution in [3.63, 3.8) is 0 Å². The molecule has 0 saturated heterocycles. The molecule has 2 aliphatic rings. The Labute approximate surface area is 167 Å². The third kappa shape index (κ3) is 2.86. The summed E-state index contributed by atoms with van der Waals surface area (Å²) in [6.07, 6.45) is 1.56. The summed E-state index contributed by atoms with van der Waals surface area (Å²) < 4.78 is 10.8. The highest BCUT2D eigenvalue weighted by Crippen LogP contribution is 2.51. The van der Waals surface area contributed by atoms with Crippen LogP contribution >= 0.6 is 11.6 Å². The zero-order valence-electron chi connectivity index (χ0n) is 14.8. The van der Waals surface area contributed by atoms with Crippen LogP contribution in [0.25, 0.3) is 11.3 Å².